The number of para-hydroxylation sites is 1. The molecule has 2 nitrogen and oxygen atoms in total. The Bertz CT molecular complexity index is 596. The maximum atomic E-state index is 5.93. The summed E-state index contributed by atoms with van der Waals surface area (Å²) in [4.78, 5) is 0. The first-order valence-electron chi connectivity index (χ1n) is 7.38. The first kappa shape index (κ1) is 14.9. The van der Waals surface area contributed by atoms with Gasteiger partial charge in [-0.05, 0) is 71.8 Å². The van der Waals surface area contributed by atoms with Crippen LogP contribution in [-0.4, -0.2) is 19.7 Å². The van der Waals surface area contributed by atoms with E-state index in [0.717, 1.165) is 25.2 Å². The van der Waals surface area contributed by atoms with Gasteiger partial charge in [-0.1, -0.05) is 30.3 Å². The summed E-state index contributed by atoms with van der Waals surface area (Å²) in [5.41, 5.74) is 2.71. The van der Waals surface area contributed by atoms with Gasteiger partial charge in [-0.25, -0.2) is 0 Å². The molecule has 0 amide bonds. The van der Waals surface area contributed by atoms with Crippen LogP contribution in [0.15, 0.2) is 48.5 Å². The Morgan fingerprint density at radius 2 is 1.95 bits per heavy atom. The van der Waals surface area contributed by atoms with Crippen LogP contribution in [0.3, 0.4) is 0 Å². The number of halogens is 1. The minimum absolute atomic E-state index is 0.443. The van der Waals surface area contributed by atoms with Gasteiger partial charge in [-0.15, -0.1) is 0 Å². The van der Waals surface area contributed by atoms with Gasteiger partial charge in [-0.2, -0.15) is 0 Å². The average Bonchev–Trinajstić information content (AvgIpc) is 2.54. The Balaban J connectivity index is 1.71. The fraction of sp³-hybridized carbons (Fsp3) is 0.333. The van der Waals surface area contributed by atoms with Crippen LogP contribution < -0.4 is 10.1 Å². The van der Waals surface area contributed by atoms with Gasteiger partial charge >= 0.3 is 0 Å². The number of benzene rings is 2. The highest BCUT2D eigenvalue weighted by Crippen LogP contribution is 2.29. The SMILES string of the molecule is CNC(Cc1ccc(I)cc1)C1COc2ccccc2C1. The fourth-order valence-electron chi connectivity index (χ4n) is 2.99. The molecule has 0 saturated heterocycles. The van der Waals surface area contributed by atoms with Crippen molar-refractivity contribution >= 4 is 22.6 Å². The van der Waals surface area contributed by atoms with Crippen LogP contribution in [0.5, 0.6) is 5.75 Å². The number of rotatable bonds is 4. The lowest BCUT2D eigenvalue weighted by molar-refractivity contribution is 0.187. The van der Waals surface area contributed by atoms with Crippen molar-refractivity contribution in [2.45, 2.75) is 18.9 Å². The molecule has 1 heterocycles. The molecule has 1 aliphatic heterocycles. The summed E-state index contributed by atoms with van der Waals surface area (Å²) in [6, 6.07) is 17.6. The maximum Gasteiger partial charge on any atom is 0.122 e. The van der Waals surface area contributed by atoms with E-state index in [1.165, 1.54) is 14.7 Å². The molecule has 2 atom stereocenters. The molecule has 2 aromatic carbocycles. The molecule has 0 spiro atoms. The van der Waals surface area contributed by atoms with Gasteiger partial charge in [-0.3, -0.25) is 0 Å². The van der Waals surface area contributed by atoms with Crippen molar-refractivity contribution < 1.29 is 4.74 Å². The summed E-state index contributed by atoms with van der Waals surface area (Å²) in [5.74, 6) is 1.57. The van der Waals surface area contributed by atoms with Crippen LogP contribution in [0.25, 0.3) is 0 Å². The summed E-state index contributed by atoms with van der Waals surface area (Å²) >= 11 is 2.35. The van der Waals surface area contributed by atoms with E-state index in [9.17, 15) is 0 Å². The molecule has 110 valence electrons. The smallest absolute Gasteiger partial charge is 0.122 e. The molecule has 0 fully saturated rings. The lowest BCUT2D eigenvalue weighted by Crippen LogP contribution is -2.41. The van der Waals surface area contributed by atoms with E-state index in [0.29, 0.717) is 12.0 Å². The van der Waals surface area contributed by atoms with Crippen LogP contribution in [0, 0.1) is 9.49 Å². The second-order valence-corrected chi connectivity index (χ2v) is 6.85. The molecule has 2 unspecified atom stereocenters. The second kappa shape index (κ2) is 6.79. The third kappa shape index (κ3) is 3.58. The number of hydrogen-bond acceptors (Lipinski definition) is 2. The van der Waals surface area contributed by atoms with Gasteiger partial charge < -0.3 is 10.1 Å². The summed E-state index contributed by atoms with van der Waals surface area (Å²) in [7, 11) is 2.05. The van der Waals surface area contributed by atoms with Crippen molar-refractivity contribution in [3.05, 3.63) is 63.2 Å². The molecule has 1 N–H and O–H groups in total. The monoisotopic (exact) mass is 393 g/mol. The first-order chi connectivity index (χ1) is 10.3. The lowest BCUT2D eigenvalue weighted by Gasteiger charge is -2.31. The highest BCUT2D eigenvalue weighted by molar-refractivity contribution is 14.1. The highest BCUT2D eigenvalue weighted by atomic mass is 127. The lowest BCUT2D eigenvalue weighted by atomic mass is 9.87. The average molecular weight is 393 g/mol. The zero-order chi connectivity index (χ0) is 14.7. The van der Waals surface area contributed by atoms with E-state index in [1.54, 1.807) is 0 Å². The molecule has 3 heteroatoms. The van der Waals surface area contributed by atoms with Crippen LogP contribution in [0.4, 0.5) is 0 Å². The third-order valence-electron chi connectivity index (χ3n) is 4.22. The van der Waals surface area contributed by atoms with E-state index in [2.05, 4.69) is 77.4 Å². The van der Waals surface area contributed by atoms with Crippen molar-refractivity contribution in [3.63, 3.8) is 0 Å². The van der Waals surface area contributed by atoms with Crippen molar-refractivity contribution in [2.24, 2.45) is 5.92 Å². The van der Waals surface area contributed by atoms with Crippen molar-refractivity contribution in [3.8, 4) is 5.75 Å². The van der Waals surface area contributed by atoms with Gasteiger partial charge in [0.25, 0.3) is 0 Å². The van der Waals surface area contributed by atoms with Gasteiger partial charge in [0.2, 0.25) is 0 Å². The Kier molecular flexibility index (Phi) is 4.80. The predicted octanol–water partition coefficient (Wildman–Crippen LogP) is 3.67. The largest absolute Gasteiger partial charge is 0.493 e. The molecule has 0 aromatic heterocycles. The number of fused-ring (bicyclic) bond motifs is 1. The maximum absolute atomic E-state index is 5.93. The molecule has 2 aromatic rings. The van der Waals surface area contributed by atoms with Gasteiger partial charge in [0.15, 0.2) is 0 Å². The Labute approximate surface area is 140 Å². The normalized spacial score (nSPS) is 18.7. The van der Waals surface area contributed by atoms with Gasteiger partial charge in [0.1, 0.15) is 5.75 Å². The standard InChI is InChI=1S/C18H20INO/c1-20-17(10-13-6-8-16(19)9-7-13)15-11-14-4-2-3-5-18(14)21-12-15/h2-9,15,17,20H,10-12H2,1H3. The van der Waals surface area contributed by atoms with E-state index >= 15 is 0 Å². The number of likely N-dealkylation sites (N-methyl/N-ethyl adjacent to an activating group) is 1. The summed E-state index contributed by atoms with van der Waals surface area (Å²) in [5, 5.41) is 3.48. The van der Waals surface area contributed by atoms with Crippen LogP contribution in [-0.2, 0) is 12.8 Å². The zero-order valence-electron chi connectivity index (χ0n) is 12.2. The number of ether oxygens (including phenoxy) is 1. The summed E-state index contributed by atoms with van der Waals surface area (Å²) < 4.78 is 7.22. The molecular weight excluding hydrogens is 373 g/mol. The second-order valence-electron chi connectivity index (χ2n) is 5.61. The fourth-order valence-corrected chi connectivity index (χ4v) is 3.35. The van der Waals surface area contributed by atoms with E-state index in [1.807, 2.05) is 6.07 Å². The predicted molar refractivity (Wildman–Crippen MR) is 94.8 cm³/mol. The summed E-state index contributed by atoms with van der Waals surface area (Å²) in [6.07, 6.45) is 2.13. The van der Waals surface area contributed by atoms with Crippen LogP contribution in [0.1, 0.15) is 11.1 Å². The molecular formula is C18H20INO. The van der Waals surface area contributed by atoms with Gasteiger partial charge in [0.05, 0.1) is 6.61 Å². The van der Waals surface area contributed by atoms with Crippen LogP contribution in [0.2, 0.25) is 0 Å². The summed E-state index contributed by atoms with van der Waals surface area (Å²) in [6.45, 7) is 0.799. The molecule has 0 radical (unpaired) electrons. The number of hydrogen-bond donors (Lipinski definition) is 1. The Hall–Kier alpha value is -1.07. The number of nitrogens with one attached hydrogen (secondary N) is 1. The molecule has 0 bridgehead atoms. The highest BCUT2D eigenvalue weighted by Gasteiger charge is 2.26. The molecule has 0 saturated carbocycles. The quantitative estimate of drug-likeness (QED) is 0.801. The minimum atomic E-state index is 0.443. The first-order valence-corrected chi connectivity index (χ1v) is 8.46. The molecule has 1 aliphatic rings. The van der Waals surface area contributed by atoms with E-state index in [-0.39, 0.29) is 0 Å². The third-order valence-corrected chi connectivity index (χ3v) is 4.94. The van der Waals surface area contributed by atoms with Crippen LogP contribution >= 0.6 is 22.6 Å². The van der Waals surface area contributed by atoms with Crippen molar-refractivity contribution in [2.75, 3.05) is 13.7 Å². The van der Waals surface area contributed by atoms with E-state index < -0.39 is 0 Å². The molecule has 0 aliphatic carbocycles. The molecule has 3 rings (SSSR count). The topological polar surface area (TPSA) is 21.3 Å². The Morgan fingerprint density at radius 3 is 2.71 bits per heavy atom. The van der Waals surface area contributed by atoms with Crippen molar-refractivity contribution in [1.29, 1.82) is 0 Å². The van der Waals surface area contributed by atoms with E-state index in [4.69, 9.17) is 4.74 Å². The zero-order valence-corrected chi connectivity index (χ0v) is 14.3. The van der Waals surface area contributed by atoms with Gasteiger partial charge in [0, 0.05) is 15.5 Å². The van der Waals surface area contributed by atoms with Crippen molar-refractivity contribution in [1.82, 2.24) is 5.32 Å². The Morgan fingerprint density at radius 1 is 1.19 bits per heavy atom. The molecule has 21 heavy (non-hydrogen) atoms. The minimum Gasteiger partial charge on any atom is -0.493 e.